The number of ether oxygens (including phenoxy) is 1. The Labute approximate surface area is 159 Å². The summed E-state index contributed by atoms with van der Waals surface area (Å²) in [5, 5.41) is 0.532. The first kappa shape index (κ1) is 20.6. The van der Waals surface area contributed by atoms with Crippen molar-refractivity contribution in [2.45, 2.75) is 57.8 Å². The van der Waals surface area contributed by atoms with E-state index in [2.05, 4.69) is 32.3 Å². The summed E-state index contributed by atoms with van der Waals surface area (Å²) in [5.41, 5.74) is 5.60. The molecule has 1 aromatic heterocycles. The number of rotatable bonds is 7. The van der Waals surface area contributed by atoms with Crippen LogP contribution >= 0.6 is 11.8 Å². The van der Waals surface area contributed by atoms with Gasteiger partial charge in [-0.25, -0.2) is 9.55 Å². The molecule has 3 unspecified atom stereocenters. The van der Waals surface area contributed by atoms with Crippen LogP contribution in [0.5, 0.6) is 0 Å². The molecule has 0 bridgehead atoms. The third-order valence-corrected chi connectivity index (χ3v) is 5.92. The van der Waals surface area contributed by atoms with Crippen molar-refractivity contribution in [3.05, 3.63) is 29.1 Å². The Morgan fingerprint density at radius 2 is 2.27 bits per heavy atom. The maximum Gasteiger partial charge on any atom is 0.316 e. The lowest BCUT2D eigenvalue weighted by atomic mass is 9.75. The highest BCUT2D eigenvalue weighted by Crippen LogP contribution is 2.35. The quantitative estimate of drug-likeness (QED) is 0.249. The highest BCUT2D eigenvalue weighted by Gasteiger charge is 2.33. The van der Waals surface area contributed by atoms with Crippen LogP contribution in [0.4, 0.5) is 5.82 Å². The molecule has 1 heterocycles. The number of esters is 1. The van der Waals surface area contributed by atoms with Crippen LogP contribution in [0, 0.1) is 17.8 Å². The fourth-order valence-corrected chi connectivity index (χ4v) is 4.38. The van der Waals surface area contributed by atoms with Crippen LogP contribution in [0.3, 0.4) is 0 Å². The van der Waals surface area contributed by atoms with E-state index in [0.29, 0.717) is 35.3 Å². The highest BCUT2D eigenvalue weighted by molar-refractivity contribution is 7.99. The number of nitrogens with zero attached hydrogens (tertiary/aromatic N) is 1. The molecule has 0 spiro atoms. The third-order valence-electron chi connectivity index (χ3n) is 4.95. The molecule has 0 amide bonds. The van der Waals surface area contributed by atoms with Crippen LogP contribution in [0.25, 0.3) is 0 Å². The second-order valence-electron chi connectivity index (χ2n) is 7.41. The number of carbonyl (C=O) groups is 1. The minimum atomic E-state index is -0.292. The number of aromatic amines is 1. The summed E-state index contributed by atoms with van der Waals surface area (Å²) >= 11 is 1.23. The van der Waals surface area contributed by atoms with Crippen LogP contribution in [0.1, 0.15) is 40.0 Å². The van der Waals surface area contributed by atoms with Crippen molar-refractivity contribution in [2.75, 3.05) is 11.5 Å². The zero-order valence-corrected chi connectivity index (χ0v) is 16.7. The predicted octanol–water partition coefficient (Wildman–Crippen LogP) is 2.53. The standard InChI is InChI=1S/C19H29N3O3S/c1-5-8-22-16(20)10-17(23)21-19(22)26-11-18(24)25-15-9-13(4)6-7-14(15)12(2)3/h5,10,12-15H,1,6-9,11H2,2-4H3,(H2,20,23)/p+1. The van der Waals surface area contributed by atoms with Gasteiger partial charge in [-0.3, -0.25) is 9.59 Å². The van der Waals surface area contributed by atoms with Gasteiger partial charge in [0.2, 0.25) is 5.82 Å². The average Bonchev–Trinajstić information content (AvgIpc) is 2.55. The van der Waals surface area contributed by atoms with Crippen molar-refractivity contribution in [1.29, 1.82) is 0 Å². The monoisotopic (exact) mass is 380 g/mol. The largest absolute Gasteiger partial charge is 0.461 e. The van der Waals surface area contributed by atoms with E-state index in [1.165, 1.54) is 24.2 Å². The fraction of sp³-hybridized carbons (Fsp3) is 0.632. The number of hydrogen-bond acceptors (Lipinski definition) is 5. The summed E-state index contributed by atoms with van der Waals surface area (Å²) in [5.74, 6) is 1.70. The van der Waals surface area contributed by atoms with Gasteiger partial charge in [-0.2, -0.15) is 0 Å². The molecule has 144 valence electrons. The third kappa shape index (κ3) is 5.37. The van der Waals surface area contributed by atoms with Crippen LogP contribution in [-0.2, 0) is 16.1 Å². The average molecular weight is 381 g/mol. The minimum absolute atomic E-state index is 0.0213. The summed E-state index contributed by atoms with van der Waals surface area (Å²) in [6.45, 7) is 10.7. The van der Waals surface area contributed by atoms with Gasteiger partial charge < -0.3 is 10.5 Å². The molecule has 0 radical (unpaired) electrons. The Morgan fingerprint density at radius 3 is 2.92 bits per heavy atom. The molecule has 1 aliphatic carbocycles. The second kappa shape index (κ2) is 9.26. The molecule has 7 heteroatoms. The van der Waals surface area contributed by atoms with Crippen molar-refractivity contribution in [2.24, 2.45) is 17.8 Å². The Hall–Kier alpha value is -1.76. The maximum atomic E-state index is 12.4. The first-order valence-corrected chi connectivity index (χ1v) is 10.2. The molecular weight excluding hydrogens is 350 g/mol. The predicted molar refractivity (Wildman–Crippen MR) is 104 cm³/mol. The second-order valence-corrected chi connectivity index (χ2v) is 8.37. The Bertz CT molecular complexity index is 702. The lowest BCUT2D eigenvalue weighted by molar-refractivity contribution is -0.714. The number of carbonyl (C=O) groups excluding carboxylic acids is 1. The van der Waals surface area contributed by atoms with E-state index in [1.807, 2.05) is 0 Å². The molecule has 1 aromatic rings. The van der Waals surface area contributed by atoms with Gasteiger partial charge in [0.25, 0.3) is 5.16 Å². The molecule has 0 aliphatic heterocycles. The number of allylic oxidation sites excluding steroid dienone is 1. The van der Waals surface area contributed by atoms with Crippen molar-refractivity contribution in [3.8, 4) is 0 Å². The molecular formula is C19H30N3O3S+. The molecule has 1 saturated carbocycles. The Balaban J connectivity index is 2.02. The van der Waals surface area contributed by atoms with E-state index in [0.717, 1.165) is 12.8 Å². The molecule has 3 atom stereocenters. The summed E-state index contributed by atoms with van der Waals surface area (Å²) in [6.07, 6.45) is 4.88. The topological polar surface area (TPSA) is 89.1 Å². The first-order valence-electron chi connectivity index (χ1n) is 9.17. The van der Waals surface area contributed by atoms with E-state index < -0.39 is 0 Å². The smallest absolute Gasteiger partial charge is 0.316 e. The van der Waals surface area contributed by atoms with Crippen molar-refractivity contribution in [1.82, 2.24) is 4.98 Å². The molecule has 1 fully saturated rings. The number of anilines is 1. The SMILES string of the molecule is C=CC[n+]1c(N)cc(=O)[nH]c1SCC(=O)OC1CC(C)CCC1C(C)C. The lowest BCUT2D eigenvalue weighted by Crippen LogP contribution is -2.42. The molecule has 6 nitrogen and oxygen atoms in total. The van der Waals surface area contributed by atoms with Gasteiger partial charge >= 0.3 is 11.5 Å². The van der Waals surface area contributed by atoms with Crippen LogP contribution in [-0.4, -0.2) is 22.8 Å². The van der Waals surface area contributed by atoms with Gasteiger partial charge in [0, 0.05) is 0 Å². The van der Waals surface area contributed by atoms with Crippen LogP contribution in [0.2, 0.25) is 0 Å². The van der Waals surface area contributed by atoms with Crippen LogP contribution in [0.15, 0.2) is 28.7 Å². The summed E-state index contributed by atoms with van der Waals surface area (Å²) < 4.78 is 7.52. The maximum absolute atomic E-state index is 12.4. The number of nitrogen functional groups attached to an aromatic ring is 1. The number of aromatic nitrogens is 2. The normalized spacial score (nSPS) is 23.0. The fourth-order valence-electron chi connectivity index (χ4n) is 3.55. The zero-order valence-electron chi connectivity index (χ0n) is 15.9. The van der Waals surface area contributed by atoms with Gasteiger partial charge in [0.05, 0.1) is 12.6 Å². The summed E-state index contributed by atoms with van der Waals surface area (Å²) in [4.78, 5) is 26.8. The van der Waals surface area contributed by atoms with E-state index >= 15 is 0 Å². The minimum Gasteiger partial charge on any atom is -0.461 e. The first-order chi connectivity index (χ1) is 12.3. The molecule has 0 aromatic carbocycles. The van der Waals surface area contributed by atoms with Gasteiger partial charge in [-0.15, -0.1) is 0 Å². The van der Waals surface area contributed by atoms with Crippen molar-refractivity contribution < 1.29 is 14.1 Å². The summed E-state index contributed by atoms with van der Waals surface area (Å²) in [6, 6.07) is 1.32. The van der Waals surface area contributed by atoms with Gasteiger partial charge in [0.15, 0.2) is 0 Å². The molecule has 0 saturated heterocycles. The number of hydrogen-bond donors (Lipinski definition) is 2. The zero-order chi connectivity index (χ0) is 19.3. The van der Waals surface area contributed by atoms with E-state index in [9.17, 15) is 9.59 Å². The highest BCUT2D eigenvalue weighted by atomic mass is 32.2. The molecule has 2 rings (SSSR count). The van der Waals surface area contributed by atoms with Gasteiger partial charge in [-0.05, 0) is 42.4 Å². The number of H-pyrrole nitrogens is 1. The van der Waals surface area contributed by atoms with E-state index in [1.54, 1.807) is 10.6 Å². The lowest BCUT2D eigenvalue weighted by Gasteiger charge is -2.36. The summed E-state index contributed by atoms with van der Waals surface area (Å²) in [7, 11) is 0. The molecule has 1 aliphatic rings. The van der Waals surface area contributed by atoms with Crippen molar-refractivity contribution in [3.63, 3.8) is 0 Å². The molecule has 3 N–H and O–H groups in total. The number of nitrogens with two attached hydrogens (primary N) is 1. The number of nitrogens with one attached hydrogen (secondary N) is 1. The van der Waals surface area contributed by atoms with E-state index in [-0.39, 0.29) is 23.4 Å². The van der Waals surface area contributed by atoms with Crippen molar-refractivity contribution >= 4 is 23.5 Å². The van der Waals surface area contributed by atoms with Gasteiger partial charge in [0.1, 0.15) is 11.9 Å². The molecule has 26 heavy (non-hydrogen) atoms. The Kier molecular flexibility index (Phi) is 7.32. The van der Waals surface area contributed by atoms with Gasteiger partial charge in [-0.1, -0.05) is 39.8 Å². The number of thioether (sulfide) groups is 1. The van der Waals surface area contributed by atoms with Crippen LogP contribution < -0.4 is 15.9 Å². The Morgan fingerprint density at radius 1 is 1.54 bits per heavy atom. The van der Waals surface area contributed by atoms with E-state index in [4.69, 9.17) is 10.5 Å².